The number of aliphatic carboxylic acids is 1. The number of aromatic nitrogens is 2. The molecule has 0 spiro atoms. The topological polar surface area (TPSA) is 67.6 Å². The second-order valence-electron chi connectivity index (χ2n) is 3.87. The second-order valence-corrected chi connectivity index (χ2v) is 3.87. The lowest BCUT2D eigenvalue weighted by atomic mass is 10.3. The number of ether oxygens (including phenoxy) is 1. The van der Waals surface area contributed by atoms with Gasteiger partial charge in [-0.1, -0.05) is 0 Å². The maximum atomic E-state index is 10.7. The summed E-state index contributed by atoms with van der Waals surface area (Å²) in [6, 6.07) is 0. The minimum Gasteiger partial charge on any atom is -0.480 e. The van der Waals surface area contributed by atoms with Crippen molar-refractivity contribution in [1.29, 1.82) is 0 Å². The average Bonchev–Trinajstić information content (AvgIpc) is 2.67. The van der Waals surface area contributed by atoms with Gasteiger partial charge in [-0.25, -0.2) is 4.98 Å². The average molecular weight is 241 g/mol. The zero-order valence-corrected chi connectivity index (χ0v) is 10.3. The lowest BCUT2D eigenvalue weighted by Crippen LogP contribution is -2.34. The van der Waals surface area contributed by atoms with Crippen LogP contribution >= 0.6 is 0 Å². The fourth-order valence-electron chi connectivity index (χ4n) is 1.58. The molecule has 0 saturated heterocycles. The number of carbonyl (C=O) groups is 1. The van der Waals surface area contributed by atoms with Gasteiger partial charge >= 0.3 is 5.97 Å². The van der Waals surface area contributed by atoms with Gasteiger partial charge in [-0.2, -0.15) is 0 Å². The first-order valence-corrected chi connectivity index (χ1v) is 5.52. The molecular formula is C11H19N3O3. The highest BCUT2D eigenvalue weighted by Crippen LogP contribution is 1.98. The molecule has 0 radical (unpaired) electrons. The number of hydrogen-bond donors (Lipinski definition) is 1. The number of carboxylic acid groups (broad SMARTS) is 1. The smallest absolute Gasteiger partial charge is 0.317 e. The van der Waals surface area contributed by atoms with E-state index in [1.807, 2.05) is 22.7 Å². The largest absolute Gasteiger partial charge is 0.480 e. The van der Waals surface area contributed by atoms with Crippen LogP contribution in [0.1, 0.15) is 5.82 Å². The zero-order valence-electron chi connectivity index (χ0n) is 10.3. The van der Waals surface area contributed by atoms with Gasteiger partial charge in [-0.05, 0) is 0 Å². The summed E-state index contributed by atoms with van der Waals surface area (Å²) in [5.41, 5.74) is 0. The van der Waals surface area contributed by atoms with E-state index in [9.17, 15) is 4.79 Å². The highest BCUT2D eigenvalue weighted by atomic mass is 16.5. The quantitative estimate of drug-likeness (QED) is 0.693. The van der Waals surface area contributed by atoms with Crippen molar-refractivity contribution in [2.75, 3.05) is 33.4 Å². The Morgan fingerprint density at radius 2 is 2.35 bits per heavy atom. The first kappa shape index (κ1) is 13.7. The van der Waals surface area contributed by atoms with Crippen LogP contribution in [0.15, 0.2) is 12.4 Å². The SMILES string of the molecule is COCCN(CCc1nccn1C)CC(=O)O. The van der Waals surface area contributed by atoms with Crippen LogP contribution in [0.2, 0.25) is 0 Å². The van der Waals surface area contributed by atoms with Crippen LogP contribution in [0.3, 0.4) is 0 Å². The lowest BCUT2D eigenvalue weighted by molar-refractivity contribution is -0.138. The Balaban J connectivity index is 2.42. The summed E-state index contributed by atoms with van der Waals surface area (Å²) in [5, 5.41) is 8.79. The van der Waals surface area contributed by atoms with Gasteiger partial charge in [-0.3, -0.25) is 9.69 Å². The fraction of sp³-hybridized carbons (Fsp3) is 0.636. The molecule has 0 amide bonds. The van der Waals surface area contributed by atoms with E-state index < -0.39 is 5.97 Å². The number of hydrogen-bond acceptors (Lipinski definition) is 4. The van der Waals surface area contributed by atoms with Crippen LogP contribution in [0, 0.1) is 0 Å². The molecule has 0 fully saturated rings. The number of methoxy groups -OCH3 is 1. The first-order chi connectivity index (χ1) is 8.13. The van der Waals surface area contributed by atoms with Crippen LogP contribution in [0.25, 0.3) is 0 Å². The van der Waals surface area contributed by atoms with Gasteiger partial charge in [0.25, 0.3) is 0 Å². The van der Waals surface area contributed by atoms with Gasteiger partial charge in [-0.15, -0.1) is 0 Å². The van der Waals surface area contributed by atoms with Crippen molar-refractivity contribution in [2.45, 2.75) is 6.42 Å². The number of rotatable bonds is 8. The van der Waals surface area contributed by atoms with Crippen LogP contribution in [-0.4, -0.2) is 58.9 Å². The van der Waals surface area contributed by atoms with E-state index in [0.717, 1.165) is 12.2 Å². The molecule has 0 aliphatic heterocycles. The van der Waals surface area contributed by atoms with Crippen LogP contribution in [-0.2, 0) is 23.0 Å². The maximum Gasteiger partial charge on any atom is 0.317 e. The standard InChI is InChI=1S/C11H19N3O3/c1-13-6-4-12-10(13)3-5-14(7-8-17-2)9-11(15)16/h4,6H,3,5,7-9H2,1-2H3,(H,15,16). The predicted octanol–water partition coefficient (Wildman–Crippen LogP) is -0.00440. The molecule has 0 aromatic carbocycles. The first-order valence-electron chi connectivity index (χ1n) is 5.52. The molecule has 0 saturated carbocycles. The predicted molar refractivity (Wildman–Crippen MR) is 62.9 cm³/mol. The van der Waals surface area contributed by atoms with Crippen molar-refractivity contribution in [3.8, 4) is 0 Å². The molecule has 1 aromatic heterocycles. The van der Waals surface area contributed by atoms with E-state index in [-0.39, 0.29) is 6.54 Å². The summed E-state index contributed by atoms with van der Waals surface area (Å²) < 4.78 is 6.90. The molecule has 1 rings (SSSR count). The molecular weight excluding hydrogens is 222 g/mol. The summed E-state index contributed by atoms with van der Waals surface area (Å²) in [4.78, 5) is 16.8. The van der Waals surface area contributed by atoms with Gasteiger partial charge in [0.05, 0.1) is 13.2 Å². The van der Waals surface area contributed by atoms with E-state index in [4.69, 9.17) is 9.84 Å². The molecule has 1 heterocycles. The number of imidazole rings is 1. The summed E-state index contributed by atoms with van der Waals surface area (Å²) in [7, 11) is 3.54. The van der Waals surface area contributed by atoms with Crippen LogP contribution < -0.4 is 0 Å². The molecule has 6 heteroatoms. The van der Waals surface area contributed by atoms with Gasteiger partial charge in [0.2, 0.25) is 0 Å². The Hall–Kier alpha value is -1.40. The van der Waals surface area contributed by atoms with Crippen molar-refractivity contribution >= 4 is 5.97 Å². The Kier molecular flexibility index (Phi) is 5.65. The molecule has 0 aliphatic carbocycles. The van der Waals surface area contributed by atoms with Crippen LogP contribution in [0.5, 0.6) is 0 Å². The fourth-order valence-corrected chi connectivity index (χ4v) is 1.58. The highest BCUT2D eigenvalue weighted by molar-refractivity contribution is 5.69. The summed E-state index contributed by atoms with van der Waals surface area (Å²) in [6.07, 6.45) is 4.36. The molecule has 17 heavy (non-hydrogen) atoms. The van der Waals surface area contributed by atoms with Gasteiger partial charge in [0.1, 0.15) is 5.82 Å². The minimum atomic E-state index is -0.819. The molecule has 0 unspecified atom stereocenters. The Bertz CT molecular complexity index is 351. The van der Waals surface area contributed by atoms with Crippen molar-refractivity contribution < 1.29 is 14.6 Å². The van der Waals surface area contributed by atoms with E-state index in [1.165, 1.54) is 0 Å². The van der Waals surface area contributed by atoms with E-state index >= 15 is 0 Å². The van der Waals surface area contributed by atoms with E-state index in [0.29, 0.717) is 19.7 Å². The number of aryl methyl sites for hydroxylation is 1. The molecule has 6 nitrogen and oxygen atoms in total. The summed E-state index contributed by atoms with van der Waals surface area (Å²) >= 11 is 0. The van der Waals surface area contributed by atoms with Gasteiger partial charge in [0, 0.05) is 46.1 Å². The number of carboxylic acids is 1. The molecule has 0 aliphatic rings. The third-order valence-corrected chi connectivity index (χ3v) is 2.54. The molecule has 1 aromatic rings. The Morgan fingerprint density at radius 1 is 1.59 bits per heavy atom. The molecule has 0 atom stereocenters. The lowest BCUT2D eigenvalue weighted by Gasteiger charge is -2.19. The monoisotopic (exact) mass is 241 g/mol. The normalized spacial score (nSPS) is 11.0. The Morgan fingerprint density at radius 3 is 2.88 bits per heavy atom. The van der Waals surface area contributed by atoms with E-state index in [1.54, 1.807) is 13.3 Å². The van der Waals surface area contributed by atoms with Crippen molar-refractivity contribution in [3.63, 3.8) is 0 Å². The van der Waals surface area contributed by atoms with Gasteiger partial charge < -0.3 is 14.4 Å². The third kappa shape index (κ3) is 4.97. The summed E-state index contributed by atoms with van der Waals surface area (Å²) in [6.45, 7) is 1.86. The molecule has 0 bridgehead atoms. The molecule has 96 valence electrons. The van der Waals surface area contributed by atoms with Crippen molar-refractivity contribution in [1.82, 2.24) is 14.5 Å². The van der Waals surface area contributed by atoms with Crippen molar-refractivity contribution in [2.24, 2.45) is 7.05 Å². The second kappa shape index (κ2) is 7.03. The maximum absolute atomic E-state index is 10.7. The van der Waals surface area contributed by atoms with Crippen LogP contribution in [0.4, 0.5) is 0 Å². The zero-order chi connectivity index (χ0) is 12.7. The molecule has 1 N–H and O–H groups in total. The minimum absolute atomic E-state index is 0.0355. The van der Waals surface area contributed by atoms with Gasteiger partial charge in [0.15, 0.2) is 0 Å². The van der Waals surface area contributed by atoms with E-state index in [2.05, 4.69) is 4.98 Å². The highest BCUT2D eigenvalue weighted by Gasteiger charge is 2.10. The summed E-state index contributed by atoms with van der Waals surface area (Å²) in [5.74, 6) is 0.138. The van der Waals surface area contributed by atoms with Crippen molar-refractivity contribution in [3.05, 3.63) is 18.2 Å². The number of nitrogens with zero attached hydrogens (tertiary/aromatic N) is 3. The third-order valence-electron chi connectivity index (χ3n) is 2.54. The Labute approximate surface area is 101 Å².